The summed E-state index contributed by atoms with van der Waals surface area (Å²) < 4.78 is 0. The molecule has 0 aliphatic carbocycles. The molecular weight excluding hydrogens is 184 g/mol. The fraction of sp³-hybridized carbons (Fsp3) is 0.462. The second-order valence-corrected chi connectivity index (χ2v) is 4.84. The van der Waals surface area contributed by atoms with Gasteiger partial charge in [-0.3, -0.25) is 0 Å². The van der Waals surface area contributed by atoms with Crippen LogP contribution in [0, 0.1) is 11.3 Å². The topological polar surface area (TPSA) is 49.8 Å². The monoisotopic (exact) mass is 202 g/mol. The molecule has 1 aromatic rings. The second-order valence-electron chi connectivity index (χ2n) is 4.84. The molecule has 0 aromatic heterocycles. The summed E-state index contributed by atoms with van der Waals surface area (Å²) in [5.41, 5.74) is 8.33. The largest absolute Gasteiger partial charge is 0.323 e. The molecule has 0 heterocycles. The van der Waals surface area contributed by atoms with Crippen molar-refractivity contribution >= 4 is 0 Å². The van der Waals surface area contributed by atoms with Gasteiger partial charge < -0.3 is 5.73 Å². The minimum absolute atomic E-state index is 0.163. The molecule has 0 aliphatic rings. The van der Waals surface area contributed by atoms with Crippen LogP contribution in [0.5, 0.6) is 0 Å². The van der Waals surface area contributed by atoms with E-state index in [9.17, 15) is 0 Å². The summed E-state index contributed by atoms with van der Waals surface area (Å²) >= 11 is 0. The maximum Gasteiger partial charge on any atom is 0.0641 e. The van der Waals surface area contributed by atoms with Gasteiger partial charge in [-0.05, 0) is 16.5 Å². The Morgan fingerprint density at radius 3 is 2.20 bits per heavy atom. The Kier molecular flexibility index (Phi) is 3.49. The summed E-state index contributed by atoms with van der Waals surface area (Å²) in [7, 11) is 0. The first-order valence-corrected chi connectivity index (χ1v) is 5.18. The number of hydrogen-bond donors (Lipinski definition) is 1. The maximum absolute atomic E-state index is 8.55. The van der Waals surface area contributed by atoms with E-state index in [1.54, 1.807) is 0 Å². The van der Waals surface area contributed by atoms with Crippen molar-refractivity contribution in [2.45, 2.75) is 38.6 Å². The van der Waals surface area contributed by atoms with Gasteiger partial charge in [0.1, 0.15) is 0 Å². The molecule has 15 heavy (non-hydrogen) atoms. The summed E-state index contributed by atoms with van der Waals surface area (Å²) in [5.74, 6) is 0. The number of hydrogen-bond acceptors (Lipinski definition) is 2. The first-order valence-electron chi connectivity index (χ1n) is 5.18. The molecule has 0 spiro atoms. The highest BCUT2D eigenvalue weighted by atomic mass is 14.6. The molecule has 0 unspecified atom stereocenters. The SMILES string of the molecule is CC(C)(C)c1ccc([C@@H](N)CC#N)cc1. The van der Waals surface area contributed by atoms with Crippen LogP contribution in [0.15, 0.2) is 24.3 Å². The van der Waals surface area contributed by atoms with Crippen LogP contribution in [0.3, 0.4) is 0 Å². The molecule has 0 bridgehead atoms. The molecule has 0 saturated heterocycles. The quantitative estimate of drug-likeness (QED) is 0.801. The Balaban J connectivity index is 2.87. The molecule has 2 heteroatoms. The number of rotatable bonds is 2. The van der Waals surface area contributed by atoms with Gasteiger partial charge >= 0.3 is 0 Å². The third-order valence-electron chi connectivity index (χ3n) is 2.52. The van der Waals surface area contributed by atoms with Crippen LogP contribution in [-0.2, 0) is 5.41 Å². The smallest absolute Gasteiger partial charge is 0.0641 e. The minimum Gasteiger partial charge on any atom is -0.323 e. The van der Waals surface area contributed by atoms with Gasteiger partial charge in [0, 0.05) is 6.04 Å². The van der Waals surface area contributed by atoms with Gasteiger partial charge in [0.2, 0.25) is 0 Å². The van der Waals surface area contributed by atoms with Crippen molar-refractivity contribution in [2.24, 2.45) is 5.73 Å². The van der Waals surface area contributed by atoms with Crippen LogP contribution in [0.4, 0.5) is 0 Å². The van der Waals surface area contributed by atoms with Gasteiger partial charge in [0.25, 0.3) is 0 Å². The molecule has 0 amide bonds. The fourth-order valence-corrected chi connectivity index (χ4v) is 1.45. The minimum atomic E-state index is -0.163. The van der Waals surface area contributed by atoms with Gasteiger partial charge in [0.15, 0.2) is 0 Å². The van der Waals surface area contributed by atoms with E-state index in [1.807, 2.05) is 12.1 Å². The third-order valence-corrected chi connectivity index (χ3v) is 2.52. The van der Waals surface area contributed by atoms with E-state index < -0.39 is 0 Å². The van der Waals surface area contributed by atoms with E-state index >= 15 is 0 Å². The molecule has 80 valence electrons. The molecule has 1 rings (SSSR count). The summed E-state index contributed by atoms with van der Waals surface area (Å²) in [6.07, 6.45) is 0.370. The van der Waals surface area contributed by atoms with Crippen LogP contribution >= 0.6 is 0 Å². The average molecular weight is 202 g/mol. The number of nitrogens with zero attached hydrogens (tertiary/aromatic N) is 1. The normalized spacial score (nSPS) is 13.3. The summed E-state index contributed by atoms with van der Waals surface area (Å²) in [6.45, 7) is 6.53. The summed E-state index contributed by atoms with van der Waals surface area (Å²) in [6, 6.07) is 10.1. The molecule has 2 nitrogen and oxygen atoms in total. The number of benzene rings is 1. The predicted molar refractivity (Wildman–Crippen MR) is 62.3 cm³/mol. The second kappa shape index (κ2) is 4.46. The standard InChI is InChI=1S/C13H18N2/c1-13(2,3)11-6-4-10(5-7-11)12(15)8-9-14/h4-7,12H,8,15H2,1-3H3/t12-/m0/s1. The zero-order valence-corrected chi connectivity index (χ0v) is 9.62. The zero-order chi connectivity index (χ0) is 11.5. The van der Waals surface area contributed by atoms with E-state index in [4.69, 9.17) is 11.0 Å². The van der Waals surface area contributed by atoms with Gasteiger partial charge in [-0.2, -0.15) is 5.26 Å². The molecule has 0 aliphatic heterocycles. The predicted octanol–water partition coefficient (Wildman–Crippen LogP) is 2.90. The lowest BCUT2D eigenvalue weighted by Crippen LogP contribution is -2.13. The van der Waals surface area contributed by atoms with Gasteiger partial charge in [-0.15, -0.1) is 0 Å². The Labute approximate surface area is 91.7 Å². The Morgan fingerprint density at radius 1 is 1.27 bits per heavy atom. The average Bonchev–Trinajstić information content (AvgIpc) is 2.17. The van der Waals surface area contributed by atoms with Gasteiger partial charge in [-0.1, -0.05) is 45.0 Å². The van der Waals surface area contributed by atoms with Crippen LogP contribution in [0.2, 0.25) is 0 Å². The van der Waals surface area contributed by atoms with Crippen molar-refractivity contribution in [2.75, 3.05) is 0 Å². The zero-order valence-electron chi connectivity index (χ0n) is 9.62. The van der Waals surface area contributed by atoms with Gasteiger partial charge in [0.05, 0.1) is 12.5 Å². The van der Waals surface area contributed by atoms with Crippen LogP contribution in [0.25, 0.3) is 0 Å². The van der Waals surface area contributed by atoms with Crippen molar-refractivity contribution in [3.8, 4) is 6.07 Å². The van der Waals surface area contributed by atoms with Crippen LogP contribution < -0.4 is 5.73 Å². The molecule has 0 fully saturated rings. The Hall–Kier alpha value is -1.33. The molecule has 2 N–H and O–H groups in total. The third kappa shape index (κ3) is 3.07. The van der Waals surface area contributed by atoms with Crippen LogP contribution in [-0.4, -0.2) is 0 Å². The van der Waals surface area contributed by atoms with Gasteiger partial charge in [-0.25, -0.2) is 0 Å². The van der Waals surface area contributed by atoms with Crippen molar-refractivity contribution in [3.63, 3.8) is 0 Å². The lowest BCUT2D eigenvalue weighted by Gasteiger charge is -2.19. The molecule has 1 atom stereocenters. The van der Waals surface area contributed by atoms with Crippen molar-refractivity contribution in [1.82, 2.24) is 0 Å². The summed E-state index contributed by atoms with van der Waals surface area (Å²) in [5, 5.41) is 8.55. The van der Waals surface area contributed by atoms with Crippen LogP contribution in [0.1, 0.15) is 44.4 Å². The van der Waals surface area contributed by atoms with E-state index in [-0.39, 0.29) is 11.5 Å². The highest BCUT2D eigenvalue weighted by Crippen LogP contribution is 2.23. The number of nitrogens with two attached hydrogens (primary N) is 1. The summed E-state index contributed by atoms with van der Waals surface area (Å²) in [4.78, 5) is 0. The molecular formula is C13H18N2. The molecule has 0 saturated carbocycles. The van der Waals surface area contributed by atoms with Crippen molar-refractivity contribution in [3.05, 3.63) is 35.4 Å². The Morgan fingerprint density at radius 2 is 1.80 bits per heavy atom. The van der Waals surface area contributed by atoms with Crippen molar-refractivity contribution < 1.29 is 0 Å². The lowest BCUT2D eigenvalue weighted by atomic mass is 9.86. The maximum atomic E-state index is 8.55. The van der Waals surface area contributed by atoms with E-state index in [2.05, 4.69) is 39.0 Å². The molecule has 1 aromatic carbocycles. The highest BCUT2D eigenvalue weighted by Gasteiger charge is 2.13. The van der Waals surface area contributed by atoms with Crippen molar-refractivity contribution in [1.29, 1.82) is 5.26 Å². The first kappa shape index (κ1) is 11.7. The number of nitriles is 1. The first-order chi connectivity index (χ1) is 6.95. The Bertz CT molecular complexity index is 352. The highest BCUT2D eigenvalue weighted by molar-refractivity contribution is 5.29. The molecule has 0 radical (unpaired) electrons. The fourth-order valence-electron chi connectivity index (χ4n) is 1.45. The van der Waals surface area contributed by atoms with E-state index in [0.29, 0.717) is 6.42 Å². The van der Waals surface area contributed by atoms with E-state index in [1.165, 1.54) is 5.56 Å². The van der Waals surface area contributed by atoms with E-state index in [0.717, 1.165) is 5.56 Å². The lowest BCUT2D eigenvalue weighted by molar-refractivity contribution is 0.589.